The van der Waals surface area contributed by atoms with Crippen molar-refractivity contribution in [3.63, 3.8) is 0 Å². The van der Waals surface area contributed by atoms with Crippen molar-refractivity contribution in [2.75, 3.05) is 31.1 Å². The number of aromatic nitrogens is 2. The molecule has 1 aromatic carbocycles. The molecule has 5 nitrogen and oxygen atoms in total. The summed E-state index contributed by atoms with van der Waals surface area (Å²) in [7, 11) is 0. The fourth-order valence-corrected chi connectivity index (χ4v) is 5.51. The van der Waals surface area contributed by atoms with Crippen molar-refractivity contribution < 1.29 is 4.90 Å². The van der Waals surface area contributed by atoms with Crippen LogP contribution in [0.5, 0.6) is 0 Å². The van der Waals surface area contributed by atoms with Gasteiger partial charge in [-0.3, -0.25) is 4.79 Å². The van der Waals surface area contributed by atoms with Gasteiger partial charge in [-0.25, -0.2) is 4.98 Å². The number of piperazine rings is 1. The van der Waals surface area contributed by atoms with E-state index in [4.69, 9.17) is 4.98 Å². The zero-order valence-electron chi connectivity index (χ0n) is 18.5. The number of nitrogens with zero attached hydrogens (tertiary/aromatic N) is 2. The van der Waals surface area contributed by atoms with Gasteiger partial charge in [-0.1, -0.05) is 38.5 Å². The zero-order chi connectivity index (χ0) is 21.3. The summed E-state index contributed by atoms with van der Waals surface area (Å²) in [6.07, 6.45) is 2.08. The predicted octanol–water partition coefficient (Wildman–Crippen LogP) is 3.10. The highest BCUT2D eigenvalue weighted by atomic mass is 32.1. The Morgan fingerprint density at radius 3 is 2.67 bits per heavy atom. The van der Waals surface area contributed by atoms with Crippen LogP contribution in [0.25, 0.3) is 10.2 Å². The Morgan fingerprint density at radius 2 is 1.97 bits per heavy atom. The molecule has 2 N–H and O–H groups in total. The molecule has 0 amide bonds. The van der Waals surface area contributed by atoms with Gasteiger partial charge in [-0.15, -0.1) is 11.3 Å². The Kier molecular flexibility index (Phi) is 6.25. The summed E-state index contributed by atoms with van der Waals surface area (Å²) in [4.78, 5) is 27.0. The number of hydrogen-bond donors (Lipinski definition) is 2. The van der Waals surface area contributed by atoms with Crippen LogP contribution in [0.1, 0.15) is 42.1 Å². The molecule has 4 rings (SSSR count). The minimum atomic E-state index is 0.0376. The fraction of sp³-hybridized carbons (Fsp3) is 0.500. The van der Waals surface area contributed by atoms with Crippen molar-refractivity contribution in [2.24, 2.45) is 5.92 Å². The van der Waals surface area contributed by atoms with Gasteiger partial charge in [0.15, 0.2) is 5.82 Å². The van der Waals surface area contributed by atoms with Gasteiger partial charge in [0.05, 0.1) is 31.6 Å². The summed E-state index contributed by atoms with van der Waals surface area (Å²) in [5.74, 6) is 1.40. The summed E-state index contributed by atoms with van der Waals surface area (Å²) >= 11 is 1.67. The quantitative estimate of drug-likeness (QED) is 0.638. The highest BCUT2D eigenvalue weighted by molar-refractivity contribution is 7.18. The average Bonchev–Trinajstić information content (AvgIpc) is 3.04. The number of benzene rings is 1. The molecule has 2 aromatic heterocycles. The maximum atomic E-state index is 12.9. The normalized spacial score (nSPS) is 16.3. The number of aryl methyl sites for hydroxylation is 2. The van der Waals surface area contributed by atoms with E-state index in [1.165, 1.54) is 26.6 Å². The largest absolute Gasteiger partial charge is 0.360 e. The van der Waals surface area contributed by atoms with E-state index in [9.17, 15) is 4.79 Å². The number of fused-ring (bicyclic) bond motifs is 1. The minimum absolute atomic E-state index is 0.0376. The van der Waals surface area contributed by atoms with Crippen LogP contribution in [0.3, 0.4) is 0 Å². The van der Waals surface area contributed by atoms with E-state index < -0.39 is 0 Å². The van der Waals surface area contributed by atoms with Gasteiger partial charge in [0.1, 0.15) is 11.4 Å². The van der Waals surface area contributed by atoms with E-state index in [-0.39, 0.29) is 5.56 Å². The molecule has 1 atom stereocenters. The van der Waals surface area contributed by atoms with Gasteiger partial charge in [0.2, 0.25) is 0 Å². The Balaban J connectivity index is 1.47. The molecule has 0 radical (unpaired) electrons. The second kappa shape index (κ2) is 8.90. The maximum Gasteiger partial charge on any atom is 0.260 e. The molecule has 0 spiro atoms. The van der Waals surface area contributed by atoms with Crippen LogP contribution in [-0.4, -0.2) is 36.1 Å². The topological polar surface area (TPSA) is 53.4 Å². The van der Waals surface area contributed by atoms with Crippen molar-refractivity contribution in [2.45, 2.75) is 47.1 Å². The predicted molar refractivity (Wildman–Crippen MR) is 126 cm³/mol. The number of nitrogens with one attached hydrogen (secondary N) is 2. The molecule has 30 heavy (non-hydrogen) atoms. The monoisotopic (exact) mass is 425 g/mol. The van der Waals surface area contributed by atoms with Gasteiger partial charge < -0.3 is 14.8 Å². The first-order valence-corrected chi connectivity index (χ1v) is 11.9. The van der Waals surface area contributed by atoms with Crippen molar-refractivity contribution in [3.05, 3.63) is 56.4 Å². The van der Waals surface area contributed by atoms with Crippen molar-refractivity contribution >= 4 is 27.2 Å². The number of quaternary nitrogens is 1. The third-order valence-corrected chi connectivity index (χ3v) is 7.55. The van der Waals surface area contributed by atoms with Gasteiger partial charge >= 0.3 is 0 Å². The van der Waals surface area contributed by atoms with Crippen LogP contribution in [0.15, 0.2) is 29.1 Å². The molecule has 160 valence electrons. The highest BCUT2D eigenvalue weighted by Crippen LogP contribution is 2.29. The molecule has 0 bridgehead atoms. The molecular weight excluding hydrogens is 392 g/mol. The number of H-pyrrole nitrogens is 1. The Bertz CT molecular complexity index is 1080. The minimum Gasteiger partial charge on any atom is -0.360 e. The summed E-state index contributed by atoms with van der Waals surface area (Å²) < 4.78 is 0. The SMILES string of the molecule is CC[C@@H](C)Cc1c(C)sc2nc(C[NH+]3CCN(c4ccccc4C)CC3)[nH]c(=O)c12. The lowest BCUT2D eigenvalue weighted by Gasteiger charge is -2.34. The molecule has 3 aromatic rings. The molecule has 6 heteroatoms. The third-order valence-electron chi connectivity index (χ3n) is 6.51. The lowest BCUT2D eigenvalue weighted by molar-refractivity contribution is -0.915. The molecule has 3 heterocycles. The van der Waals surface area contributed by atoms with Crippen LogP contribution >= 0.6 is 11.3 Å². The molecule has 0 saturated carbocycles. The van der Waals surface area contributed by atoms with E-state index in [1.54, 1.807) is 11.3 Å². The van der Waals surface area contributed by atoms with Gasteiger partial charge in [-0.05, 0) is 43.4 Å². The highest BCUT2D eigenvalue weighted by Gasteiger charge is 2.23. The number of anilines is 1. The Morgan fingerprint density at radius 1 is 1.23 bits per heavy atom. The van der Waals surface area contributed by atoms with E-state index in [1.807, 2.05) is 0 Å². The molecule has 1 aliphatic rings. The van der Waals surface area contributed by atoms with Crippen LogP contribution in [0.2, 0.25) is 0 Å². The van der Waals surface area contributed by atoms with Gasteiger partial charge in [-0.2, -0.15) is 0 Å². The van der Waals surface area contributed by atoms with Crippen molar-refractivity contribution in [3.8, 4) is 0 Å². The fourth-order valence-electron chi connectivity index (χ4n) is 4.44. The van der Waals surface area contributed by atoms with E-state index in [0.29, 0.717) is 5.92 Å². The van der Waals surface area contributed by atoms with E-state index in [2.05, 4.69) is 61.8 Å². The third kappa shape index (κ3) is 4.30. The second-order valence-electron chi connectivity index (χ2n) is 8.75. The number of hydrogen-bond acceptors (Lipinski definition) is 4. The first kappa shape index (κ1) is 21.1. The van der Waals surface area contributed by atoms with Gasteiger partial charge in [0, 0.05) is 10.6 Å². The van der Waals surface area contributed by atoms with Crippen LogP contribution < -0.4 is 15.4 Å². The Hall–Kier alpha value is -2.18. The molecule has 1 fully saturated rings. The Labute approximate surface area is 182 Å². The smallest absolute Gasteiger partial charge is 0.260 e. The van der Waals surface area contributed by atoms with Gasteiger partial charge in [0.25, 0.3) is 5.56 Å². The second-order valence-corrected chi connectivity index (χ2v) is 9.95. The lowest BCUT2D eigenvalue weighted by atomic mass is 9.98. The summed E-state index contributed by atoms with van der Waals surface area (Å²) in [6, 6.07) is 8.60. The number of para-hydroxylation sites is 1. The first-order valence-electron chi connectivity index (χ1n) is 11.1. The van der Waals surface area contributed by atoms with Crippen LogP contribution in [-0.2, 0) is 13.0 Å². The molecular formula is C24H33N4OS+. The summed E-state index contributed by atoms with van der Waals surface area (Å²) in [6.45, 7) is 13.7. The number of aromatic amines is 1. The molecule has 1 aliphatic heterocycles. The van der Waals surface area contributed by atoms with Crippen molar-refractivity contribution in [1.82, 2.24) is 9.97 Å². The van der Waals surface area contributed by atoms with E-state index >= 15 is 0 Å². The maximum absolute atomic E-state index is 12.9. The molecule has 0 aliphatic carbocycles. The standard InChI is InChI=1S/C24H32N4OS/c1-5-16(2)14-19-18(4)30-24-22(19)23(29)25-21(26-24)15-27-10-12-28(13-11-27)20-9-7-6-8-17(20)3/h6-9,16H,5,10-15H2,1-4H3,(H,25,26,29)/p+1/t16-/m1/s1. The van der Waals surface area contributed by atoms with Crippen LogP contribution in [0.4, 0.5) is 5.69 Å². The van der Waals surface area contributed by atoms with Crippen molar-refractivity contribution in [1.29, 1.82) is 0 Å². The molecule has 0 unspecified atom stereocenters. The summed E-state index contributed by atoms with van der Waals surface area (Å²) in [5, 5.41) is 0.820. The zero-order valence-corrected chi connectivity index (χ0v) is 19.4. The first-order chi connectivity index (χ1) is 14.5. The van der Waals surface area contributed by atoms with E-state index in [0.717, 1.165) is 61.6 Å². The average molecular weight is 426 g/mol. The number of rotatable bonds is 6. The summed E-state index contributed by atoms with van der Waals surface area (Å²) in [5.41, 5.74) is 3.91. The van der Waals surface area contributed by atoms with Crippen LogP contribution in [0, 0.1) is 19.8 Å². The number of thiophene rings is 1. The molecule has 1 saturated heterocycles. The lowest BCUT2D eigenvalue weighted by Crippen LogP contribution is -3.13.